The average Bonchev–Trinajstić information content (AvgIpc) is 2.31. The first-order valence-corrected chi connectivity index (χ1v) is 5.68. The van der Waals surface area contributed by atoms with Crippen LogP contribution in [-0.4, -0.2) is 23.7 Å². The summed E-state index contributed by atoms with van der Waals surface area (Å²) in [6, 6.07) is 6.09. The standard InChI is InChI=1S/C13H18FNO2/c1-9(8-16)10(2)15-13(17)7-11-5-3-4-6-12(11)14/h3-6,9-10,16H,7-8H2,1-2H3,(H,15,17). The largest absolute Gasteiger partial charge is 0.396 e. The Morgan fingerprint density at radius 3 is 2.65 bits per heavy atom. The Bertz CT molecular complexity index is 381. The Balaban J connectivity index is 2.53. The van der Waals surface area contributed by atoms with E-state index in [0.29, 0.717) is 5.56 Å². The van der Waals surface area contributed by atoms with Crippen molar-refractivity contribution in [1.29, 1.82) is 0 Å². The van der Waals surface area contributed by atoms with Crippen LogP contribution in [0.4, 0.5) is 4.39 Å². The summed E-state index contributed by atoms with van der Waals surface area (Å²) in [7, 11) is 0. The van der Waals surface area contributed by atoms with E-state index in [2.05, 4.69) is 5.32 Å². The molecule has 3 nitrogen and oxygen atoms in total. The fraction of sp³-hybridized carbons (Fsp3) is 0.462. The fourth-order valence-corrected chi connectivity index (χ4v) is 1.42. The highest BCUT2D eigenvalue weighted by molar-refractivity contribution is 5.78. The first-order chi connectivity index (χ1) is 8.04. The molecule has 0 saturated carbocycles. The molecule has 2 unspecified atom stereocenters. The molecular formula is C13H18FNO2. The summed E-state index contributed by atoms with van der Waals surface area (Å²) in [5.41, 5.74) is 0.383. The molecule has 0 aromatic heterocycles. The Morgan fingerprint density at radius 1 is 1.41 bits per heavy atom. The minimum Gasteiger partial charge on any atom is -0.396 e. The van der Waals surface area contributed by atoms with E-state index in [-0.39, 0.29) is 36.7 Å². The third-order valence-electron chi connectivity index (χ3n) is 2.84. The summed E-state index contributed by atoms with van der Waals surface area (Å²) in [6.07, 6.45) is 0.0230. The lowest BCUT2D eigenvalue weighted by Gasteiger charge is -2.19. The SMILES string of the molecule is CC(CO)C(C)NC(=O)Cc1ccccc1F. The van der Waals surface area contributed by atoms with Crippen molar-refractivity contribution in [3.05, 3.63) is 35.6 Å². The van der Waals surface area contributed by atoms with Gasteiger partial charge in [-0.05, 0) is 24.5 Å². The van der Waals surface area contributed by atoms with E-state index in [9.17, 15) is 9.18 Å². The number of benzene rings is 1. The van der Waals surface area contributed by atoms with E-state index in [0.717, 1.165) is 0 Å². The lowest BCUT2D eigenvalue weighted by atomic mass is 10.0. The molecule has 0 saturated heterocycles. The van der Waals surface area contributed by atoms with E-state index in [1.807, 2.05) is 13.8 Å². The van der Waals surface area contributed by atoms with Gasteiger partial charge >= 0.3 is 0 Å². The van der Waals surface area contributed by atoms with Gasteiger partial charge in [-0.15, -0.1) is 0 Å². The summed E-state index contributed by atoms with van der Waals surface area (Å²) in [4.78, 5) is 11.6. The molecular weight excluding hydrogens is 221 g/mol. The van der Waals surface area contributed by atoms with Gasteiger partial charge in [-0.1, -0.05) is 25.1 Å². The Morgan fingerprint density at radius 2 is 2.06 bits per heavy atom. The number of rotatable bonds is 5. The molecule has 0 aliphatic rings. The highest BCUT2D eigenvalue weighted by Crippen LogP contribution is 2.08. The van der Waals surface area contributed by atoms with Crippen molar-refractivity contribution in [2.24, 2.45) is 5.92 Å². The lowest BCUT2D eigenvalue weighted by molar-refractivity contribution is -0.121. The summed E-state index contributed by atoms with van der Waals surface area (Å²) in [5.74, 6) is -0.618. The van der Waals surface area contributed by atoms with Gasteiger partial charge in [-0.2, -0.15) is 0 Å². The van der Waals surface area contributed by atoms with Gasteiger partial charge in [0.2, 0.25) is 5.91 Å². The Labute approximate surface area is 101 Å². The molecule has 0 aliphatic carbocycles. The Kier molecular flexibility index (Phi) is 5.10. The number of aliphatic hydroxyl groups excluding tert-OH is 1. The van der Waals surface area contributed by atoms with Crippen LogP contribution in [0.5, 0.6) is 0 Å². The van der Waals surface area contributed by atoms with Gasteiger partial charge < -0.3 is 10.4 Å². The van der Waals surface area contributed by atoms with Gasteiger partial charge in [0.15, 0.2) is 0 Å². The average molecular weight is 239 g/mol. The summed E-state index contributed by atoms with van der Waals surface area (Å²) < 4.78 is 13.3. The van der Waals surface area contributed by atoms with Gasteiger partial charge in [-0.3, -0.25) is 4.79 Å². The topological polar surface area (TPSA) is 49.3 Å². The maximum atomic E-state index is 13.3. The number of hydrogen-bond acceptors (Lipinski definition) is 2. The first kappa shape index (κ1) is 13.6. The van der Waals surface area contributed by atoms with E-state index >= 15 is 0 Å². The molecule has 0 fully saturated rings. The zero-order valence-electron chi connectivity index (χ0n) is 10.1. The van der Waals surface area contributed by atoms with Gasteiger partial charge in [0.05, 0.1) is 6.42 Å². The van der Waals surface area contributed by atoms with Crippen molar-refractivity contribution in [3.8, 4) is 0 Å². The van der Waals surface area contributed by atoms with Gasteiger partial charge in [0, 0.05) is 12.6 Å². The van der Waals surface area contributed by atoms with Crippen molar-refractivity contribution in [2.75, 3.05) is 6.61 Å². The van der Waals surface area contributed by atoms with Crippen molar-refractivity contribution < 1.29 is 14.3 Å². The molecule has 17 heavy (non-hydrogen) atoms. The highest BCUT2D eigenvalue weighted by atomic mass is 19.1. The third-order valence-corrected chi connectivity index (χ3v) is 2.84. The maximum Gasteiger partial charge on any atom is 0.224 e. The molecule has 0 aliphatic heterocycles. The summed E-state index contributed by atoms with van der Waals surface area (Å²) >= 11 is 0. The number of carbonyl (C=O) groups is 1. The van der Waals surface area contributed by atoms with E-state index < -0.39 is 0 Å². The predicted molar refractivity (Wildman–Crippen MR) is 64.0 cm³/mol. The number of hydrogen-bond donors (Lipinski definition) is 2. The van der Waals surface area contributed by atoms with E-state index in [1.165, 1.54) is 6.07 Å². The molecule has 94 valence electrons. The van der Waals surface area contributed by atoms with Gasteiger partial charge in [-0.25, -0.2) is 4.39 Å². The molecule has 0 bridgehead atoms. The van der Waals surface area contributed by atoms with Gasteiger partial charge in [0.25, 0.3) is 0 Å². The third kappa shape index (κ3) is 4.15. The normalized spacial score (nSPS) is 14.1. The molecule has 1 rings (SSSR count). The molecule has 2 atom stereocenters. The van der Waals surface area contributed by atoms with E-state index in [4.69, 9.17) is 5.11 Å². The predicted octanol–water partition coefficient (Wildman–Crippen LogP) is 1.50. The van der Waals surface area contributed by atoms with Crippen LogP contribution in [0, 0.1) is 11.7 Å². The Hall–Kier alpha value is -1.42. The van der Waals surface area contributed by atoms with Crippen LogP contribution in [0.15, 0.2) is 24.3 Å². The summed E-state index contributed by atoms with van der Waals surface area (Å²) in [6.45, 7) is 3.68. The monoisotopic (exact) mass is 239 g/mol. The van der Waals surface area contributed by atoms with Crippen LogP contribution in [0.25, 0.3) is 0 Å². The van der Waals surface area contributed by atoms with Crippen LogP contribution in [0.3, 0.4) is 0 Å². The molecule has 1 aromatic carbocycles. The molecule has 0 heterocycles. The van der Waals surface area contributed by atoms with Crippen molar-refractivity contribution >= 4 is 5.91 Å². The molecule has 2 N–H and O–H groups in total. The van der Waals surface area contributed by atoms with Crippen LogP contribution < -0.4 is 5.32 Å². The minimum atomic E-state index is -0.370. The van der Waals surface area contributed by atoms with Crippen LogP contribution in [-0.2, 0) is 11.2 Å². The molecule has 0 radical (unpaired) electrons. The zero-order chi connectivity index (χ0) is 12.8. The highest BCUT2D eigenvalue weighted by Gasteiger charge is 2.14. The van der Waals surface area contributed by atoms with Crippen molar-refractivity contribution in [3.63, 3.8) is 0 Å². The fourth-order valence-electron chi connectivity index (χ4n) is 1.42. The van der Waals surface area contributed by atoms with Crippen LogP contribution >= 0.6 is 0 Å². The molecule has 4 heteroatoms. The number of carbonyl (C=O) groups excluding carboxylic acids is 1. The van der Waals surface area contributed by atoms with Crippen LogP contribution in [0.1, 0.15) is 19.4 Å². The minimum absolute atomic E-state index is 0.0143. The number of nitrogens with one attached hydrogen (secondary N) is 1. The number of aliphatic hydroxyl groups is 1. The van der Waals surface area contributed by atoms with E-state index in [1.54, 1.807) is 18.2 Å². The second-order valence-electron chi connectivity index (χ2n) is 4.28. The quantitative estimate of drug-likeness (QED) is 0.818. The number of amides is 1. The second kappa shape index (κ2) is 6.35. The van der Waals surface area contributed by atoms with Crippen molar-refractivity contribution in [2.45, 2.75) is 26.3 Å². The molecule has 0 spiro atoms. The number of halogens is 1. The first-order valence-electron chi connectivity index (χ1n) is 5.68. The maximum absolute atomic E-state index is 13.3. The second-order valence-corrected chi connectivity index (χ2v) is 4.28. The zero-order valence-corrected chi connectivity index (χ0v) is 10.1. The smallest absolute Gasteiger partial charge is 0.224 e. The van der Waals surface area contributed by atoms with Crippen LogP contribution in [0.2, 0.25) is 0 Å². The van der Waals surface area contributed by atoms with Crippen molar-refractivity contribution in [1.82, 2.24) is 5.32 Å². The summed E-state index contributed by atoms with van der Waals surface area (Å²) in [5, 5.41) is 11.7. The van der Waals surface area contributed by atoms with Gasteiger partial charge in [0.1, 0.15) is 5.82 Å². The molecule has 1 aromatic rings. The lowest BCUT2D eigenvalue weighted by Crippen LogP contribution is -2.39. The molecule has 1 amide bonds.